The largest absolute Gasteiger partial charge is 0.465 e. The van der Waals surface area contributed by atoms with E-state index < -0.39 is 5.97 Å². The van der Waals surface area contributed by atoms with E-state index in [1.807, 2.05) is 48.5 Å². The van der Waals surface area contributed by atoms with Crippen LogP contribution in [0.15, 0.2) is 88.7 Å². The standard InChI is InChI=1S/C28H18BrFN2O3S/c1-35-28(34)25-22(16-8-12-19(30)13-9-16)15-36-27(25)32-26(33)21-14-24(17-6-10-18(29)11-7-17)31-23-5-3-2-4-20(21)23/h2-15H,1H3,(H,32,33). The van der Waals surface area contributed by atoms with Gasteiger partial charge in [0.2, 0.25) is 0 Å². The van der Waals surface area contributed by atoms with Crippen LogP contribution in [0, 0.1) is 5.82 Å². The SMILES string of the molecule is COC(=O)c1c(-c2ccc(F)cc2)csc1NC(=O)c1cc(-c2ccc(Br)cc2)nc2ccccc12. The van der Waals surface area contributed by atoms with Gasteiger partial charge in [-0.25, -0.2) is 14.2 Å². The third kappa shape index (κ3) is 4.65. The normalized spacial score (nSPS) is 10.9. The molecule has 0 bridgehead atoms. The number of rotatable bonds is 5. The minimum Gasteiger partial charge on any atom is -0.465 e. The molecule has 0 radical (unpaired) electrons. The van der Waals surface area contributed by atoms with E-state index in [2.05, 4.69) is 21.2 Å². The summed E-state index contributed by atoms with van der Waals surface area (Å²) in [4.78, 5) is 31.0. The first-order valence-corrected chi connectivity index (χ1v) is 12.5. The van der Waals surface area contributed by atoms with Crippen molar-refractivity contribution in [3.63, 3.8) is 0 Å². The summed E-state index contributed by atoms with van der Waals surface area (Å²) in [6.45, 7) is 0. The first-order valence-electron chi connectivity index (χ1n) is 10.9. The van der Waals surface area contributed by atoms with Crippen molar-refractivity contribution in [2.75, 3.05) is 12.4 Å². The smallest absolute Gasteiger partial charge is 0.341 e. The Bertz CT molecular complexity index is 1600. The van der Waals surface area contributed by atoms with Gasteiger partial charge in [-0.1, -0.05) is 58.4 Å². The number of para-hydroxylation sites is 1. The molecule has 0 aliphatic rings. The van der Waals surface area contributed by atoms with Crippen LogP contribution in [0.5, 0.6) is 0 Å². The Morgan fingerprint density at radius 2 is 1.67 bits per heavy atom. The molecule has 0 saturated carbocycles. The van der Waals surface area contributed by atoms with Crippen LogP contribution >= 0.6 is 27.3 Å². The van der Waals surface area contributed by atoms with E-state index in [9.17, 15) is 14.0 Å². The Labute approximate surface area is 218 Å². The fourth-order valence-electron chi connectivity index (χ4n) is 3.90. The van der Waals surface area contributed by atoms with Crippen molar-refractivity contribution in [1.29, 1.82) is 0 Å². The van der Waals surface area contributed by atoms with Gasteiger partial charge in [0.1, 0.15) is 16.4 Å². The van der Waals surface area contributed by atoms with Gasteiger partial charge in [0.15, 0.2) is 0 Å². The number of hydrogen-bond donors (Lipinski definition) is 1. The number of benzene rings is 3. The number of halogens is 2. The van der Waals surface area contributed by atoms with Crippen molar-refractivity contribution in [2.24, 2.45) is 0 Å². The molecule has 8 heteroatoms. The lowest BCUT2D eigenvalue weighted by atomic mass is 10.0. The van der Waals surface area contributed by atoms with E-state index in [-0.39, 0.29) is 17.3 Å². The highest BCUT2D eigenvalue weighted by atomic mass is 79.9. The Kier molecular flexibility index (Phi) is 6.63. The van der Waals surface area contributed by atoms with E-state index in [0.717, 1.165) is 10.0 Å². The van der Waals surface area contributed by atoms with Crippen LogP contribution in [-0.2, 0) is 4.74 Å². The number of carbonyl (C=O) groups is 2. The summed E-state index contributed by atoms with van der Waals surface area (Å²) in [5.74, 6) is -1.36. The van der Waals surface area contributed by atoms with Gasteiger partial charge in [0, 0.05) is 26.4 Å². The molecular weight excluding hydrogens is 543 g/mol. The summed E-state index contributed by atoms with van der Waals surface area (Å²) in [6, 6.07) is 22.6. The summed E-state index contributed by atoms with van der Waals surface area (Å²) in [5.41, 5.74) is 4.02. The molecule has 0 aliphatic heterocycles. The van der Waals surface area contributed by atoms with Crippen molar-refractivity contribution in [2.45, 2.75) is 0 Å². The van der Waals surface area contributed by atoms with Crippen molar-refractivity contribution in [1.82, 2.24) is 4.98 Å². The maximum atomic E-state index is 13.6. The predicted octanol–water partition coefficient (Wildman–Crippen LogP) is 7.57. The van der Waals surface area contributed by atoms with Crippen LogP contribution in [0.4, 0.5) is 9.39 Å². The second kappa shape index (κ2) is 10.0. The molecule has 5 rings (SSSR count). The second-order valence-corrected chi connectivity index (χ2v) is 9.68. The van der Waals surface area contributed by atoms with E-state index >= 15 is 0 Å². The Balaban J connectivity index is 1.57. The summed E-state index contributed by atoms with van der Waals surface area (Å²) in [7, 11) is 1.28. The lowest BCUT2D eigenvalue weighted by Gasteiger charge is -2.11. The topological polar surface area (TPSA) is 68.3 Å². The second-order valence-electron chi connectivity index (χ2n) is 7.89. The monoisotopic (exact) mass is 560 g/mol. The number of methoxy groups -OCH3 is 1. The number of fused-ring (bicyclic) bond motifs is 1. The molecule has 36 heavy (non-hydrogen) atoms. The van der Waals surface area contributed by atoms with Gasteiger partial charge in [-0.2, -0.15) is 0 Å². The van der Waals surface area contributed by atoms with Crippen LogP contribution in [-0.4, -0.2) is 24.0 Å². The number of ether oxygens (including phenoxy) is 1. The zero-order chi connectivity index (χ0) is 25.2. The molecule has 5 aromatic rings. The van der Waals surface area contributed by atoms with Gasteiger partial charge >= 0.3 is 5.97 Å². The van der Waals surface area contributed by atoms with Gasteiger partial charge in [-0.3, -0.25) is 4.79 Å². The number of hydrogen-bond acceptors (Lipinski definition) is 5. The third-order valence-electron chi connectivity index (χ3n) is 5.66. The fourth-order valence-corrected chi connectivity index (χ4v) is 5.12. The van der Waals surface area contributed by atoms with Crippen LogP contribution in [0.3, 0.4) is 0 Å². The fraction of sp³-hybridized carbons (Fsp3) is 0.0357. The molecule has 3 aromatic carbocycles. The average molecular weight is 561 g/mol. The average Bonchev–Trinajstić information content (AvgIpc) is 3.31. The zero-order valence-electron chi connectivity index (χ0n) is 18.9. The molecule has 0 atom stereocenters. The summed E-state index contributed by atoms with van der Waals surface area (Å²) in [5, 5.41) is 5.67. The van der Waals surface area contributed by atoms with E-state index in [0.29, 0.717) is 38.3 Å². The van der Waals surface area contributed by atoms with Gasteiger partial charge in [0.25, 0.3) is 5.91 Å². The van der Waals surface area contributed by atoms with Crippen molar-refractivity contribution in [3.8, 4) is 22.4 Å². The highest BCUT2D eigenvalue weighted by Crippen LogP contribution is 2.37. The molecule has 2 heterocycles. The molecule has 0 saturated heterocycles. The van der Waals surface area contributed by atoms with Crippen LogP contribution in [0.1, 0.15) is 20.7 Å². The first-order chi connectivity index (χ1) is 17.4. The highest BCUT2D eigenvalue weighted by molar-refractivity contribution is 9.10. The molecule has 178 valence electrons. The summed E-state index contributed by atoms with van der Waals surface area (Å²) in [6.07, 6.45) is 0. The Morgan fingerprint density at radius 1 is 0.972 bits per heavy atom. The first kappa shape index (κ1) is 23.8. The number of pyridine rings is 1. The third-order valence-corrected chi connectivity index (χ3v) is 7.09. The van der Waals surface area contributed by atoms with Crippen LogP contribution in [0.2, 0.25) is 0 Å². The van der Waals surface area contributed by atoms with Gasteiger partial charge in [0.05, 0.1) is 23.9 Å². The molecule has 2 aromatic heterocycles. The lowest BCUT2D eigenvalue weighted by molar-refractivity contribution is 0.0603. The number of aromatic nitrogens is 1. The number of thiophene rings is 1. The molecular formula is C28H18BrFN2O3S. The van der Waals surface area contributed by atoms with Crippen LogP contribution < -0.4 is 5.32 Å². The van der Waals surface area contributed by atoms with Gasteiger partial charge < -0.3 is 10.1 Å². The van der Waals surface area contributed by atoms with Crippen molar-refractivity contribution in [3.05, 3.63) is 106 Å². The molecule has 5 nitrogen and oxygen atoms in total. The summed E-state index contributed by atoms with van der Waals surface area (Å²) < 4.78 is 19.4. The zero-order valence-corrected chi connectivity index (χ0v) is 21.3. The summed E-state index contributed by atoms with van der Waals surface area (Å²) >= 11 is 4.64. The minimum atomic E-state index is -0.596. The number of nitrogens with one attached hydrogen (secondary N) is 1. The molecule has 0 aliphatic carbocycles. The Hall–Kier alpha value is -3.88. The van der Waals surface area contributed by atoms with Crippen LogP contribution in [0.25, 0.3) is 33.3 Å². The number of carbonyl (C=O) groups excluding carboxylic acids is 2. The quantitative estimate of drug-likeness (QED) is 0.225. The molecule has 1 N–H and O–H groups in total. The van der Waals surface area contributed by atoms with Gasteiger partial charge in [-0.05, 0) is 42.0 Å². The molecule has 0 fully saturated rings. The molecule has 1 amide bonds. The van der Waals surface area contributed by atoms with Gasteiger partial charge in [-0.15, -0.1) is 11.3 Å². The van der Waals surface area contributed by atoms with E-state index in [1.165, 1.54) is 30.6 Å². The number of anilines is 1. The molecule has 0 spiro atoms. The number of amides is 1. The highest BCUT2D eigenvalue weighted by Gasteiger charge is 2.24. The van der Waals surface area contributed by atoms with Crippen molar-refractivity contribution < 1.29 is 18.7 Å². The maximum Gasteiger partial charge on any atom is 0.341 e. The van der Waals surface area contributed by atoms with Crippen molar-refractivity contribution >= 4 is 55.0 Å². The van der Waals surface area contributed by atoms with E-state index in [1.54, 1.807) is 23.6 Å². The molecule has 0 unspecified atom stereocenters. The number of esters is 1. The van der Waals surface area contributed by atoms with E-state index in [4.69, 9.17) is 9.72 Å². The Morgan fingerprint density at radius 3 is 2.39 bits per heavy atom. The minimum absolute atomic E-state index is 0.217. The predicted molar refractivity (Wildman–Crippen MR) is 144 cm³/mol. The number of nitrogens with zero attached hydrogens (tertiary/aromatic N) is 1. The maximum absolute atomic E-state index is 13.6. The lowest BCUT2D eigenvalue weighted by Crippen LogP contribution is -2.15.